The maximum absolute atomic E-state index is 12.0. The van der Waals surface area contributed by atoms with E-state index in [-0.39, 0.29) is 12.6 Å². The zero-order valence-corrected chi connectivity index (χ0v) is 11.0. The van der Waals surface area contributed by atoms with Crippen molar-refractivity contribution in [2.45, 2.75) is 13.5 Å². The first-order valence-corrected chi connectivity index (χ1v) is 6.30. The molecule has 4 nitrogen and oxygen atoms in total. The monoisotopic (exact) mass is 267 g/mol. The third kappa shape index (κ3) is 2.54. The van der Waals surface area contributed by atoms with Crippen LogP contribution in [0.1, 0.15) is 21.8 Å². The van der Waals surface area contributed by atoms with E-state index in [4.69, 9.17) is 9.26 Å². The number of carbonyl (C=O) groups excluding carboxylic acids is 1. The van der Waals surface area contributed by atoms with Gasteiger partial charge in [-0.05, 0) is 29.8 Å². The van der Waals surface area contributed by atoms with Gasteiger partial charge in [0.2, 0.25) is 0 Å². The summed E-state index contributed by atoms with van der Waals surface area (Å²) in [6.07, 6.45) is 0. The predicted molar refractivity (Wildman–Crippen MR) is 74.3 cm³/mol. The molecule has 0 radical (unpaired) electrons. The summed E-state index contributed by atoms with van der Waals surface area (Å²) >= 11 is 0. The number of rotatable bonds is 3. The van der Waals surface area contributed by atoms with E-state index in [1.54, 1.807) is 12.1 Å². The average molecular weight is 267 g/mol. The molecule has 1 heterocycles. The Hall–Kier alpha value is -2.62. The number of aryl methyl sites for hydroxylation is 1. The molecule has 0 fully saturated rings. The SMILES string of the molecule is Cc1cc(COC(=O)c2ccc3ccccc3c2)on1. The molecule has 100 valence electrons. The van der Waals surface area contributed by atoms with Crippen LogP contribution in [0.5, 0.6) is 0 Å². The second-order valence-electron chi connectivity index (χ2n) is 4.57. The Morgan fingerprint density at radius 3 is 2.70 bits per heavy atom. The molecule has 0 atom stereocenters. The molecule has 0 saturated heterocycles. The van der Waals surface area contributed by atoms with Crippen molar-refractivity contribution < 1.29 is 14.1 Å². The lowest BCUT2D eigenvalue weighted by Gasteiger charge is -2.04. The summed E-state index contributed by atoms with van der Waals surface area (Å²) in [6, 6.07) is 15.1. The van der Waals surface area contributed by atoms with Gasteiger partial charge in [-0.3, -0.25) is 0 Å². The lowest BCUT2D eigenvalue weighted by atomic mass is 10.1. The molecule has 0 amide bonds. The summed E-state index contributed by atoms with van der Waals surface area (Å²) < 4.78 is 10.2. The van der Waals surface area contributed by atoms with Crippen molar-refractivity contribution in [3.05, 3.63) is 65.5 Å². The Morgan fingerprint density at radius 1 is 1.15 bits per heavy atom. The van der Waals surface area contributed by atoms with Crippen LogP contribution in [-0.4, -0.2) is 11.1 Å². The number of ether oxygens (including phenoxy) is 1. The molecule has 2 aromatic carbocycles. The number of aromatic nitrogens is 1. The Balaban J connectivity index is 1.75. The lowest BCUT2D eigenvalue weighted by molar-refractivity contribution is 0.0437. The van der Waals surface area contributed by atoms with E-state index >= 15 is 0 Å². The van der Waals surface area contributed by atoms with Crippen LogP contribution in [0.2, 0.25) is 0 Å². The highest BCUT2D eigenvalue weighted by Gasteiger charge is 2.10. The largest absolute Gasteiger partial charge is 0.454 e. The maximum Gasteiger partial charge on any atom is 0.338 e. The van der Waals surface area contributed by atoms with Gasteiger partial charge in [-0.25, -0.2) is 4.79 Å². The molecule has 0 aliphatic heterocycles. The molecule has 0 unspecified atom stereocenters. The minimum atomic E-state index is -0.371. The van der Waals surface area contributed by atoms with Gasteiger partial charge in [0.05, 0.1) is 11.3 Å². The Labute approximate surface area is 116 Å². The van der Waals surface area contributed by atoms with Gasteiger partial charge in [-0.2, -0.15) is 0 Å². The first-order valence-electron chi connectivity index (χ1n) is 6.30. The molecule has 0 bridgehead atoms. The summed E-state index contributed by atoms with van der Waals surface area (Å²) in [5, 5.41) is 5.85. The fraction of sp³-hybridized carbons (Fsp3) is 0.125. The van der Waals surface area contributed by atoms with Crippen LogP contribution in [0, 0.1) is 6.92 Å². The van der Waals surface area contributed by atoms with Crippen LogP contribution in [0.25, 0.3) is 10.8 Å². The van der Waals surface area contributed by atoms with Crippen molar-refractivity contribution in [3.8, 4) is 0 Å². The number of nitrogens with zero attached hydrogens (tertiary/aromatic N) is 1. The van der Waals surface area contributed by atoms with Crippen LogP contribution < -0.4 is 0 Å². The second kappa shape index (κ2) is 5.17. The molecule has 3 rings (SSSR count). The number of hydrogen-bond donors (Lipinski definition) is 0. The number of hydrogen-bond acceptors (Lipinski definition) is 4. The fourth-order valence-corrected chi connectivity index (χ4v) is 2.02. The van der Waals surface area contributed by atoms with Gasteiger partial charge in [0.15, 0.2) is 12.4 Å². The summed E-state index contributed by atoms with van der Waals surface area (Å²) in [4.78, 5) is 12.0. The Bertz CT molecular complexity index is 761. The Kier molecular flexibility index (Phi) is 3.21. The minimum Gasteiger partial charge on any atom is -0.454 e. The molecular weight excluding hydrogens is 254 g/mol. The van der Waals surface area contributed by atoms with Crippen LogP contribution in [0.3, 0.4) is 0 Å². The van der Waals surface area contributed by atoms with Gasteiger partial charge in [0.1, 0.15) is 0 Å². The average Bonchev–Trinajstić information content (AvgIpc) is 2.90. The number of benzene rings is 2. The third-order valence-electron chi connectivity index (χ3n) is 3.01. The fourth-order valence-electron chi connectivity index (χ4n) is 2.02. The molecule has 1 aromatic heterocycles. The smallest absolute Gasteiger partial charge is 0.338 e. The van der Waals surface area contributed by atoms with Crippen molar-refractivity contribution in [1.29, 1.82) is 0 Å². The first-order chi connectivity index (χ1) is 9.72. The van der Waals surface area contributed by atoms with Gasteiger partial charge in [0.25, 0.3) is 0 Å². The van der Waals surface area contributed by atoms with Gasteiger partial charge in [-0.1, -0.05) is 35.5 Å². The van der Waals surface area contributed by atoms with Crippen LogP contribution >= 0.6 is 0 Å². The molecule has 4 heteroatoms. The van der Waals surface area contributed by atoms with E-state index in [1.807, 2.05) is 43.3 Å². The lowest BCUT2D eigenvalue weighted by Crippen LogP contribution is -2.04. The highest BCUT2D eigenvalue weighted by atomic mass is 16.5. The topological polar surface area (TPSA) is 52.3 Å². The summed E-state index contributed by atoms with van der Waals surface area (Å²) in [7, 11) is 0. The van der Waals surface area contributed by atoms with Crippen LogP contribution in [-0.2, 0) is 11.3 Å². The zero-order valence-electron chi connectivity index (χ0n) is 11.0. The van der Waals surface area contributed by atoms with Crippen molar-refractivity contribution in [2.24, 2.45) is 0 Å². The van der Waals surface area contributed by atoms with Crippen LogP contribution in [0.15, 0.2) is 53.1 Å². The van der Waals surface area contributed by atoms with E-state index in [0.29, 0.717) is 11.3 Å². The maximum atomic E-state index is 12.0. The summed E-state index contributed by atoms with van der Waals surface area (Å²) in [5.41, 5.74) is 1.29. The quantitative estimate of drug-likeness (QED) is 0.681. The highest BCUT2D eigenvalue weighted by molar-refractivity contribution is 5.95. The van der Waals surface area contributed by atoms with Gasteiger partial charge in [0, 0.05) is 6.07 Å². The van der Waals surface area contributed by atoms with Crippen molar-refractivity contribution in [1.82, 2.24) is 5.16 Å². The number of esters is 1. The van der Waals surface area contributed by atoms with Crippen molar-refractivity contribution >= 4 is 16.7 Å². The standard InChI is InChI=1S/C16H13NO3/c1-11-8-15(20-17-11)10-19-16(18)14-7-6-12-4-2-3-5-13(12)9-14/h2-9H,10H2,1H3. The predicted octanol–water partition coefficient (Wildman–Crippen LogP) is 3.49. The molecule has 3 aromatic rings. The van der Waals surface area contributed by atoms with E-state index in [1.165, 1.54) is 0 Å². The number of fused-ring (bicyclic) bond motifs is 1. The summed E-state index contributed by atoms with van der Waals surface area (Å²) in [6.45, 7) is 1.91. The van der Waals surface area contributed by atoms with Gasteiger partial charge in [-0.15, -0.1) is 0 Å². The first kappa shape index (κ1) is 12.4. The van der Waals surface area contributed by atoms with E-state index in [0.717, 1.165) is 16.5 Å². The van der Waals surface area contributed by atoms with E-state index in [2.05, 4.69) is 5.16 Å². The van der Waals surface area contributed by atoms with Crippen molar-refractivity contribution in [2.75, 3.05) is 0 Å². The molecule has 20 heavy (non-hydrogen) atoms. The molecular formula is C16H13NO3. The van der Waals surface area contributed by atoms with E-state index < -0.39 is 0 Å². The molecule has 0 aliphatic carbocycles. The van der Waals surface area contributed by atoms with Crippen LogP contribution in [0.4, 0.5) is 0 Å². The third-order valence-corrected chi connectivity index (χ3v) is 3.01. The molecule has 0 N–H and O–H groups in total. The molecule has 0 aliphatic rings. The molecule has 0 spiro atoms. The Morgan fingerprint density at radius 2 is 1.95 bits per heavy atom. The van der Waals surface area contributed by atoms with Gasteiger partial charge < -0.3 is 9.26 Å². The minimum absolute atomic E-state index is 0.0898. The molecule has 0 saturated carbocycles. The second-order valence-corrected chi connectivity index (χ2v) is 4.57. The number of carbonyl (C=O) groups is 1. The normalized spacial score (nSPS) is 10.7. The summed E-state index contributed by atoms with van der Waals surface area (Å²) in [5.74, 6) is 0.168. The highest BCUT2D eigenvalue weighted by Crippen LogP contribution is 2.16. The van der Waals surface area contributed by atoms with Gasteiger partial charge >= 0.3 is 5.97 Å². The van der Waals surface area contributed by atoms with E-state index in [9.17, 15) is 4.79 Å². The van der Waals surface area contributed by atoms with Crippen molar-refractivity contribution in [3.63, 3.8) is 0 Å². The zero-order chi connectivity index (χ0) is 13.9.